The molecule has 5 aliphatic heterocycles. The van der Waals surface area contributed by atoms with Crippen molar-refractivity contribution in [3.8, 4) is 0 Å². The number of carbonyl (C=O) groups is 3. The minimum atomic E-state index is -0.883. The molecule has 12 nitrogen and oxygen atoms in total. The molecule has 0 aliphatic carbocycles. The molecule has 5 N–H and O–H groups in total. The molecule has 12 heteroatoms. The van der Waals surface area contributed by atoms with E-state index in [1.54, 1.807) is 0 Å². The molecule has 0 aromatic rings. The number of ether oxygens (including phenoxy) is 3. The monoisotopic (exact) mass is 827 g/mol. The molecular weight excluding hydrogens is 745 g/mol. The van der Waals surface area contributed by atoms with Crippen LogP contribution in [0.2, 0.25) is 0 Å². The Morgan fingerprint density at radius 3 is 2.17 bits per heavy atom. The number of unbranched alkanes of at least 4 members (excludes halogenated alkanes) is 14. The van der Waals surface area contributed by atoms with Crippen LogP contribution in [0.25, 0.3) is 0 Å². The normalized spacial score (nSPS) is 28.6. The third kappa shape index (κ3) is 14.2. The molecule has 0 aromatic heterocycles. The lowest BCUT2D eigenvalue weighted by Crippen LogP contribution is -2.71. The van der Waals surface area contributed by atoms with Crippen LogP contribution in [0.5, 0.6) is 0 Å². The minimum absolute atomic E-state index is 0.0342. The summed E-state index contributed by atoms with van der Waals surface area (Å²) in [7, 11) is 0. The second kappa shape index (κ2) is 24.7. The number of allylic oxidation sites excluding steroid dienone is 1. The predicted molar refractivity (Wildman–Crippen MR) is 234 cm³/mol. The Bertz CT molecular complexity index is 1360. The van der Waals surface area contributed by atoms with E-state index in [0.29, 0.717) is 51.5 Å². The van der Waals surface area contributed by atoms with Crippen LogP contribution in [0, 0.1) is 5.92 Å². The third-order valence-corrected chi connectivity index (χ3v) is 13.6. The first-order valence-electron chi connectivity index (χ1n) is 24.3. The van der Waals surface area contributed by atoms with Crippen LogP contribution in [0.1, 0.15) is 194 Å². The summed E-state index contributed by atoms with van der Waals surface area (Å²) in [6.07, 6.45) is 33.4. The first kappa shape index (κ1) is 47.4. The second-order valence-corrected chi connectivity index (χ2v) is 18.5. The number of amides is 2. The number of primary amides is 1. The van der Waals surface area contributed by atoms with Crippen molar-refractivity contribution >= 4 is 23.7 Å². The van der Waals surface area contributed by atoms with Crippen molar-refractivity contribution in [2.24, 2.45) is 22.4 Å². The van der Waals surface area contributed by atoms with Crippen molar-refractivity contribution in [1.82, 2.24) is 15.1 Å². The zero-order valence-corrected chi connectivity index (χ0v) is 37.1. The van der Waals surface area contributed by atoms with Crippen molar-refractivity contribution in [3.05, 3.63) is 12.2 Å². The van der Waals surface area contributed by atoms with Crippen molar-refractivity contribution in [3.63, 3.8) is 0 Å². The number of carbonyl (C=O) groups excluding carboxylic acids is 3. The van der Waals surface area contributed by atoms with Gasteiger partial charge in [0.25, 0.3) is 0 Å². The van der Waals surface area contributed by atoms with Crippen molar-refractivity contribution < 1.29 is 28.6 Å². The van der Waals surface area contributed by atoms with Gasteiger partial charge in [0.2, 0.25) is 11.8 Å². The maximum atomic E-state index is 14.1. The highest BCUT2D eigenvalue weighted by Crippen LogP contribution is 2.50. The quantitative estimate of drug-likeness (QED) is 0.0422. The maximum Gasteiger partial charge on any atom is 0.316 e. The van der Waals surface area contributed by atoms with Crippen LogP contribution >= 0.6 is 0 Å². The van der Waals surface area contributed by atoms with E-state index in [-0.39, 0.29) is 36.0 Å². The lowest BCUT2D eigenvalue weighted by molar-refractivity contribution is -0.194. The molecule has 0 bridgehead atoms. The first-order chi connectivity index (χ1) is 28.7. The number of aliphatic imine (C=N–C) groups is 1. The van der Waals surface area contributed by atoms with Crippen molar-refractivity contribution in [2.45, 2.75) is 229 Å². The van der Waals surface area contributed by atoms with Crippen molar-refractivity contribution in [1.29, 1.82) is 0 Å². The standard InChI is InChI=1S/C47H82N6O6/c1-3-39-25-18-19-30-46(59-39)36-38-28-29-40-43(47(31-21-24-37(2)58-47)51-45(50-46)53(38)40)44(56)57-35-20-16-14-12-10-8-6-4-5-7-9-11-13-15-17-27-42(55)52(34-23-32-48)33-22-26-41(49)54/h18,25,37-40,43H,3-17,19-24,26-36,48H2,1-2H3,(H2,49,54)(H,50,51)/t37-,38+,39+,40-,43-,46+,47-/m0/s1. The van der Waals surface area contributed by atoms with Gasteiger partial charge in [-0.2, -0.15) is 0 Å². The highest BCUT2D eigenvalue weighted by molar-refractivity contribution is 5.87. The Kier molecular flexibility index (Phi) is 19.8. The minimum Gasteiger partial charge on any atom is -0.465 e. The molecular formula is C47H82N6O6. The van der Waals surface area contributed by atoms with Crippen LogP contribution in [0.3, 0.4) is 0 Å². The Morgan fingerprint density at radius 2 is 1.53 bits per heavy atom. The molecule has 2 amide bonds. The topological polar surface area (TPSA) is 162 Å². The van der Waals surface area contributed by atoms with Gasteiger partial charge in [-0.1, -0.05) is 103 Å². The Morgan fingerprint density at radius 1 is 0.864 bits per heavy atom. The highest BCUT2D eigenvalue weighted by atomic mass is 16.6. The molecule has 3 saturated heterocycles. The van der Waals surface area contributed by atoms with E-state index in [1.807, 2.05) is 4.90 Å². The van der Waals surface area contributed by atoms with E-state index in [4.69, 9.17) is 30.7 Å². The van der Waals surface area contributed by atoms with Gasteiger partial charge in [-0.25, -0.2) is 4.99 Å². The largest absolute Gasteiger partial charge is 0.465 e. The maximum absolute atomic E-state index is 14.1. The molecule has 5 heterocycles. The van der Waals surface area contributed by atoms with Gasteiger partial charge in [-0.15, -0.1) is 0 Å². The smallest absolute Gasteiger partial charge is 0.316 e. The van der Waals surface area contributed by atoms with Gasteiger partial charge in [-0.3, -0.25) is 14.4 Å². The fraction of sp³-hybridized carbons (Fsp3) is 0.872. The van der Waals surface area contributed by atoms with Gasteiger partial charge in [0.1, 0.15) is 11.6 Å². The van der Waals surface area contributed by atoms with E-state index < -0.39 is 17.4 Å². The fourth-order valence-electron chi connectivity index (χ4n) is 10.5. The summed E-state index contributed by atoms with van der Waals surface area (Å²) in [4.78, 5) is 47.4. The first-order valence-corrected chi connectivity index (χ1v) is 24.3. The molecule has 336 valence electrons. The number of rotatable bonds is 27. The predicted octanol–water partition coefficient (Wildman–Crippen LogP) is 8.15. The molecule has 2 spiro atoms. The molecule has 5 rings (SSSR count). The number of hydrogen-bond donors (Lipinski definition) is 3. The van der Waals surface area contributed by atoms with Crippen LogP contribution in [-0.2, 0) is 28.6 Å². The number of nitrogens with zero attached hydrogens (tertiary/aromatic N) is 3. The molecule has 0 unspecified atom stereocenters. The summed E-state index contributed by atoms with van der Waals surface area (Å²) in [6, 6.07) is 0.334. The number of nitrogens with one attached hydrogen (secondary N) is 1. The molecule has 59 heavy (non-hydrogen) atoms. The Hall–Kier alpha value is -2.70. The average molecular weight is 827 g/mol. The summed E-state index contributed by atoms with van der Waals surface area (Å²) in [5.74, 6) is 0.191. The zero-order chi connectivity index (χ0) is 41.9. The van der Waals surface area contributed by atoms with Gasteiger partial charge in [0.15, 0.2) is 11.7 Å². The van der Waals surface area contributed by atoms with Gasteiger partial charge in [0.05, 0.1) is 24.9 Å². The lowest BCUT2D eigenvalue weighted by atomic mass is 9.80. The molecule has 3 fully saturated rings. The van der Waals surface area contributed by atoms with Crippen molar-refractivity contribution in [2.75, 3.05) is 26.2 Å². The fourth-order valence-corrected chi connectivity index (χ4v) is 10.5. The summed E-state index contributed by atoms with van der Waals surface area (Å²) < 4.78 is 19.6. The van der Waals surface area contributed by atoms with Crippen LogP contribution in [0.4, 0.5) is 0 Å². The summed E-state index contributed by atoms with van der Waals surface area (Å²) in [5.41, 5.74) is 9.58. The number of guanidine groups is 1. The average Bonchev–Trinajstić information content (AvgIpc) is 3.52. The number of esters is 1. The SMILES string of the molecule is CC[C@@H]1C=CCC[C@]2(C[C@H]3CC[C@H]4[C@@H](C(=O)OCCCCCCCCCCCCCCCCCC(=O)N(CCCN)CCCC(N)=O)[C@@]5(CCC[C@H](C)O5)N=C(N2)N34)O1. The molecule has 0 radical (unpaired) electrons. The van der Waals surface area contributed by atoms with Gasteiger partial charge < -0.3 is 40.8 Å². The number of nitrogens with two attached hydrogens (primary N) is 2. The molecule has 5 aliphatic rings. The molecule has 7 atom stereocenters. The van der Waals surface area contributed by atoms with Gasteiger partial charge in [0, 0.05) is 38.4 Å². The van der Waals surface area contributed by atoms with Gasteiger partial charge in [-0.05, 0) is 90.5 Å². The summed E-state index contributed by atoms with van der Waals surface area (Å²) >= 11 is 0. The molecule has 0 aromatic carbocycles. The summed E-state index contributed by atoms with van der Waals surface area (Å²) in [6.45, 7) is 6.58. The Balaban J connectivity index is 0.908. The van der Waals surface area contributed by atoms with Crippen LogP contribution in [0.15, 0.2) is 17.1 Å². The van der Waals surface area contributed by atoms with Crippen LogP contribution in [-0.4, -0.2) is 95.5 Å². The van der Waals surface area contributed by atoms with Crippen LogP contribution < -0.4 is 16.8 Å². The van der Waals surface area contributed by atoms with E-state index in [1.165, 1.54) is 70.6 Å². The Labute approximate surface area is 356 Å². The van der Waals surface area contributed by atoms with E-state index in [0.717, 1.165) is 95.9 Å². The van der Waals surface area contributed by atoms with E-state index >= 15 is 0 Å². The van der Waals surface area contributed by atoms with E-state index in [2.05, 4.69) is 36.2 Å². The molecule has 0 saturated carbocycles. The lowest BCUT2D eigenvalue weighted by Gasteiger charge is -2.55. The second-order valence-electron chi connectivity index (χ2n) is 18.5. The zero-order valence-electron chi connectivity index (χ0n) is 37.1. The third-order valence-electron chi connectivity index (χ3n) is 13.6. The highest BCUT2D eigenvalue weighted by Gasteiger charge is 2.62. The van der Waals surface area contributed by atoms with Gasteiger partial charge >= 0.3 is 5.97 Å². The number of hydrogen-bond acceptors (Lipinski definition) is 10. The van der Waals surface area contributed by atoms with E-state index in [9.17, 15) is 14.4 Å². The summed E-state index contributed by atoms with van der Waals surface area (Å²) in [5, 5.41) is 3.80.